The fourth-order valence-corrected chi connectivity index (χ4v) is 4.65. The summed E-state index contributed by atoms with van der Waals surface area (Å²) >= 11 is 0. The Morgan fingerprint density at radius 1 is 1.00 bits per heavy atom. The monoisotopic (exact) mass is 530 g/mol. The Kier molecular flexibility index (Phi) is 8.88. The minimum atomic E-state index is -4.83. The van der Waals surface area contributed by atoms with Gasteiger partial charge in [-0.05, 0) is 36.5 Å². The van der Waals surface area contributed by atoms with Gasteiger partial charge in [-0.1, -0.05) is 44.2 Å². The highest BCUT2D eigenvalue weighted by Gasteiger charge is 2.42. The second-order valence-corrected chi connectivity index (χ2v) is 8.94. The van der Waals surface area contributed by atoms with E-state index in [1.165, 1.54) is 11.8 Å². The molecule has 5 rings (SSSR count). The maximum atomic E-state index is 13.7. The van der Waals surface area contributed by atoms with Crippen LogP contribution in [0.5, 0.6) is 0 Å². The molecular formula is C27H33F3N6O2. The van der Waals surface area contributed by atoms with Crippen LogP contribution in [0.15, 0.2) is 53.1 Å². The molecule has 0 unspecified atom stereocenters. The summed E-state index contributed by atoms with van der Waals surface area (Å²) < 4.78 is 46.6. The number of anilines is 3. The van der Waals surface area contributed by atoms with Crippen molar-refractivity contribution in [3.63, 3.8) is 0 Å². The van der Waals surface area contributed by atoms with Gasteiger partial charge in [0.2, 0.25) is 5.76 Å². The zero-order valence-electron chi connectivity index (χ0n) is 21.6. The molecule has 2 fully saturated rings. The Bertz CT molecular complexity index is 1170. The zero-order chi connectivity index (χ0) is 27.1. The Hall–Kier alpha value is -3.60. The molecule has 2 aromatic heterocycles. The number of alkyl halides is 3. The van der Waals surface area contributed by atoms with Gasteiger partial charge in [0.25, 0.3) is 11.9 Å². The van der Waals surface area contributed by atoms with Gasteiger partial charge in [-0.2, -0.15) is 18.2 Å². The number of aromatic nitrogens is 2. The van der Waals surface area contributed by atoms with Crippen molar-refractivity contribution in [2.45, 2.75) is 38.8 Å². The molecule has 4 heterocycles. The number of nitrogens with one attached hydrogen (secondary N) is 2. The van der Waals surface area contributed by atoms with E-state index in [1.54, 1.807) is 17.0 Å². The lowest BCUT2D eigenvalue weighted by atomic mass is 9.90. The van der Waals surface area contributed by atoms with Crippen molar-refractivity contribution < 1.29 is 22.4 Å². The second kappa shape index (κ2) is 12.3. The number of oxazole rings is 1. The third-order valence-electron chi connectivity index (χ3n) is 6.57. The topological polar surface area (TPSA) is 86.5 Å². The fraction of sp³-hybridized carbons (Fsp3) is 0.444. The van der Waals surface area contributed by atoms with Crippen LogP contribution in [0, 0.1) is 0 Å². The number of rotatable bonds is 5. The molecule has 3 aromatic rings. The molecule has 38 heavy (non-hydrogen) atoms. The van der Waals surface area contributed by atoms with Crippen molar-refractivity contribution in [2.75, 3.05) is 54.4 Å². The minimum Gasteiger partial charge on any atom is -0.417 e. The second-order valence-electron chi connectivity index (χ2n) is 8.94. The van der Waals surface area contributed by atoms with Crippen molar-refractivity contribution in [1.82, 2.24) is 15.3 Å². The first-order valence-electron chi connectivity index (χ1n) is 13.0. The van der Waals surface area contributed by atoms with E-state index in [9.17, 15) is 18.0 Å². The van der Waals surface area contributed by atoms with Crippen LogP contribution in [0.4, 0.5) is 30.7 Å². The predicted molar refractivity (Wildman–Crippen MR) is 141 cm³/mol. The first kappa shape index (κ1) is 27.4. The molecule has 2 N–H and O–H groups in total. The number of nitrogens with zero attached hydrogens (tertiary/aromatic N) is 4. The van der Waals surface area contributed by atoms with Crippen molar-refractivity contribution in [1.29, 1.82) is 0 Å². The molecule has 2 aliphatic rings. The zero-order valence-corrected chi connectivity index (χ0v) is 21.6. The average molecular weight is 531 g/mol. The highest BCUT2D eigenvalue weighted by molar-refractivity contribution is 6.03. The van der Waals surface area contributed by atoms with Crippen LogP contribution < -0.4 is 20.4 Å². The molecule has 0 aliphatic carbocycles. The molecule has 0 spiro atoms. The lowest BCUT2D eigenvalue weighted by Gasteiger charge is -2.31. The lowest BCUT2D eigenvalue weighted by Crippen LogP contribution is -2.43. The van der Waals surface area contributed by atoms with E-state index in [0.29, 0.717) is 19.0 Å². The molecule has 204 valence electrons. The van der Waals surface area contributed by atoms with Gasteiger partial charge in [-0.3, -0.25) is 4.79 Å². The van der Waals surface area contributed by atoms with E-state index in [2.05, 4.69) is 37.6 Å². The largest absolute Gasteiger partial charge is 0.437 e. The van der Waals surface area contributed by atoms with E-state index in [4.69, 9.17) is 4.42 Å². The first-order chi connectivity index (χ1) is 18.4. The summed E-state index contributed by atoms with van der Waals surface area (Å²) in [5, 5.41) is 5.72. The standard InChI is InChI=1S/C25H27F3N6O2.C2H6/c26-25(27,28)22-21(23(35)31-19-6-7-20(30-16-19)33-14-10-29-11-15-33)36-24(32-22)34-12-8-18(9-13-34)17-4-2-1-3-5-17;1-2/h1-7,16,18,29H,8-15H2,(H,31,35);1-2H3. The van der Waals surface area contributed by atoms with Gasteiger partial charge in [0.05, 0.1) is 11.9 Å². The number of carbonyl (C=O) groups excluding carboxylic acids is 1. The Morgan fingerprint density at radius 3 is 2.29 bits per heavy atom. The summed E-state index contributed by atoms with van der Waals surface area (Å²) in [7, 11) is 0. The maximum absolute atomic E-state index is 13.7. The smallest absolute Gasteiger partial charge is 0.417 e. The molecule has 0 radical (unpaired) electrons. The van der Waals surface area contributed by atoms with Gasteiger partial charge in [-0.25, -0.2) is 4.98 Å². The number of piperazine rings is 1. The van der Waals surface area contributed by atoms with E-state index in [0.717, 1.165) is 44.8 Å². The predicted octanol–water partition coefficient (Wildman–Crippen LogP) is 5.16. The third-order valence-corrected chi connectivity index (χ3v) is 6.57. The van der Waals surface area contributed by atoms with Crippen LogP contribution in [0.1, 0.15) is 54.4 Å². The number of hydrogen-bond donors (Lipinski definition) is 2. The molecule has 0 bridgehead atoms. The van der Waals surface area contributed by atoms with Crippen molar-refractivity contribution in [3.05, 3.63) is 65.7 Å². The molecule has 2 saturated heterocycles. The van der Waals surface area contributed by atoms with E-state index in [1.807, 2.05) is 32.0 Å². The van der Waals surface area contributed by atoms with Crippen molar-refractivity contribution in [2.24, 2.45) is 0 Å². The summed E-state index contributed by atoms with van der Waals surface area (Å²) in [6.07, 6.45) is -1.91. The Morgan fingerprint density at radius 2 is 1.68 bits per heavy atom. The Labute approximate surface area is 220 Å². The summed E-state index contributed by atoms with van der Waals surface area (Å²) in [6, 6.07) is 13.2. The third kappa shape index (κ3) is 6.45. The number of halogens is 3. The van der Waals surface area contributed by atoms with Crippen LogP contribution in [0.25, 0.3) is 0 Å². The number of piperidine rings is 1. The molecular weight excluding hydrogens is 497 g/mol. The maximum Gasteiger partial charge on any atom is 0.437 e. The van der Waals surface area contributed by atoms with E-state index in [-0.39, 0.29) is 11.7 Å². The fourth-order valence-electron chi connectivity index (χ4n) is 4.65. The van der Waals surface area contributed by atoms with Gasteiger partial charge in [0.15, 0.2) is 5.69 Å². The highest BCUT2D eigenvalue weighted by atomic mass is 19.4. The normalized spacial score (nSPS) is 16.6. The molecule has 11 heteroatoms. The van der Waals surface area contributed by atoms with Crippen LogP contribution in [-0.2, 0) is 6.18 Å². The summed E-state index contributed by atoms with van der Waals surface area (Å²) in [5.41, 5.74) is 0.149. The average Bonchev–Trinajstić information content (AvgIpc) is 3.43. The van der Waals surface area contributed by atoms with Gasteiger partial charge >= 0.3 is 6.18 Å². The minimum absolute atomic E-state index is 0.189. The van der Waals surface area contributed by atoms with Crippen LogP contribution in [0.2, 0.25) is 0 Å². The SMILES string of the molecule is CC.O=C(Nc1ccc(N2CCNCC2)nc1)c1oc(N2CCC(c3ccccc3)CC2)nc1C(F)(F)F. The molecule has 0 saturated carbocycles. The molecule has 2 aliphatic heterocycles. The van der Waals surface area contributed by atoms with Gasteiger partial charge < -0.3 is 24.9 Å². The number of carbonyl (C=O) groups is 1. The molecule has 8 nitrogen and oxygen atoms in total. The highest BCUT2D eigenvalue weighted by Crippen LogP contribution is 2.36. The quantitative estimate of drug-likeness (QED) is 0.471. The van der Waals surface area contributed by atoms with Gasteiger partial charge in [-0.15, -0.1) is 0 Å². The van der Waals surface area contributed by atoms with Crippen LogP contribution in [0.3, 0.4) is 0 Å². The molecule has 1 aromatic carbocycles. The van der Waals surface area contributed by atoms with Gasteiger partial charge in [0.1, 0.15) is 5.82 Å². The number of pyridine rings is 1. The number of hydrogen-bond acceptors (Lipinski definition) is 7. The number of benzene rings is 1. The van der Waals surface area contributed by atoms with Crippen molar-refractivity contribution in [3.8, 4) is 0 Å². The lowest BCUT2D eigenvalue weighted by molar-refractivity contribution is -0.141. The molecule has 0 atom stereocenters. The summed E-state index contributed by atoms with van der Waals surface area (Å²) in [5.74, 6) is -0.809. The summed E-state index contributed by atoms with van der Waals surface area (Å²) in [4.78, 5) is 24.6. The van der Waals surface area contributed by atoms with E-state index >= 15 is 0 Å². The molecule has 1 amide bonds. The van der Waals surface area contributed by atoms with E-state index < -0.39 is 23.5 Å². The van der Waals surface area contributed by atoms with Crippen LogP contribution in [-0.4, -0.2) is 55.1 Å². The van der Waals surface area contributed by atoms with Crippen LogP contribution >= 0.6 is 0 Å². The van der Waals surface area contributed by atoms with Gasteiger partial charge in [0, 0.05) is 39.3 Å². The summed E-state index contributed by atoms with van der Waals surface area (Å²) in [6.45, 7) is 8.26. The van der Waals surface area contributed by atoms with Crippen molar-refractivity contribution >= 4 is 23.4 Å². The first-order valence-corrected chi connectivity index (χ1v) is 13.0. The Balaban J connectivity index is 0.00000164. The number of amides is 1.